The minimum Gasteiger partial charge on any atom is -0.309 e. The Balaban J connectivity index is 0.889. The summed E-state index contributed by atoms with van der Waals surface area (Å²) in [6.45, 7) is 0. The molecule has 0 aliphatic carbocycles. The molecule has 0 unspecified atom stereocenters. The van der Waals surface area contributed by atoms with Gasteiger partial charge >= 0.3 is 0 Å². The standard InChI is InChI=1S/C61H38N8/c1-4-14-39(15-5-1)52-37-53(40-16-6-2-7-17-40)66-61(65-52)69-55-23-13-10-20-45(55)47-27-24-42(35-58(47)69)60-63-33-31-51(64-60)41-25-28-56-49(34-41)46-21-11-12-22-54(46)68(56)44-26-29-57-50(36-44)48-30-32-62-38-59(48)67(57)43-18-8-3-9-19-43/h1-38H. The molecular formula is C61H38N8. The molecule has 6 aromatic heterocycles. The van der Waals surface area contributed by atoms with Gasteiger partial charge in [-0.2, -0.15) is 0 Å². The van der Waals surface area contributed by atoms with Crippen LogP contribution in [0.3, 0.4) is 0 Å². The van der Waals surface area contributed by atoms with Crippen LogP contribution in [0.1, 0.15) is 0 Å². The second-order valence-corrected chi connectivity index (χ2v) is 17.4. The van der Waals surface area contributed by atoms with Crippen LogP contribution in [-0.4, -0.2) is 38.6 Å². The van der Waals surface area contributed by atoms with E-state index in [1.54, 1.807) is 0 Å². The van der Waals surface area contributed by atoms with E-state index in [4.69, 9.17) is 19.9 Å². The Bertz CT molecular complexity index is 4250. The van der Waals surface area contributed by atoms with Crippen molar-refractivity contribution < 1.29 is 0 Å². The highest BCUT2D eigenvalue weighted by Crippen LogP contribution is 2.39. The van der Waals surface area contributed by atoms with E-state index in [1.165, 1.54) is 10.8 Å². The Morgan fingerprint density at radius 3 is 1.59 bits per heavy atom. The summed E-state index contributed by atoms with van der Waals surface area (Å²) in [7, 11) is 0. The summed E-state index contributed by atoms with van der Waals surface area (Å²) in [5, 5.41) is 6.88. The monoisotopic (exact) mass is 882 g/mol. The van der Waals surface area contributed by atoms with Crippen molar-refractivity contribution in [2.24, 2.45) is 0 Å². The Morgan fingerprint density at radius 2 is 0.855 bits per heavy atom. The smallest absolute Gasteiger partial charge is 0.235 e. The lowest BCUT2D eigenvalue weighted by Gasteiger charge is -2.12. The predicted octanol–water partition coefficient (Wildman–Crippen LogP) is 14.6. The molecule has 0 bridgehead atoms. The van der Waals surface area contributed by atoms with E-state index in [0.717, 1.165) is 105 Å². The lowest BCUT2D eigenvalue weighted by molar-refractivity contribution is 0.995. The minimum absolute atomic E-state index is 0.594. The van der Waals surface area contributed by atoms with Gasteiger partial charge in [0.1, 0.15) is 0 Å². The quantitative estimate of drug-likeness (QED) is 0.159. The van der Waals surface area contributed by atoms with Gasteiger partial charge in [-0.15, -0.1) is 0 Å². The summed E-state index contributed by atoms with van der Waals surface area (Å²) in [5.41, 5.74) is 15.2. The molecule has 0 aliphatic rings. The van der Waals surface area contributed by atoms with E-state index in [1.807, 2.05) is 61.1 Å². The summed E-state index contributed by atoms with van der Waals surface area (Å²) < 4.78 is 6.85. The van der Waals surface area contributed by atoms with Crippen molar-refractivity contribution in [3.05, 3.63) is 231 Å². The molecule has 0 N–H and O–H groups in total. The maximum atomic E-state index is 5.26. The third-order valence-electron chi connectivity index (χ3n) is 13.4. The molecule has 0 aliphatic heterocycles. The van der Waals surface area contributed by atoms with Crippen molar-refractivity contribution in [3.63, 3.8) is 0 Å². The summed E-state index contributed by atoms with van der Waals surface area (Å²) >= 11 is 0. The first-order valence-corrected chi connectivity index (χ1v) is 23.1. The van der Waals surface area contributed by atoms with Gasteiger partial charge in [-0.25, -0.2) is 19.9 Å². The number of aromatic nitrogens is 8. The molecule has 0 saturated heterocycles. The highest BCUT2D eigenvalue weighted by Gasteiger charge is 2.20. The van der Waals surface area contributed by atoms with Gasteiger partial charge in [-0.3, -0.25) is 9.55 Å². The number of fused-ring (bicyclic) bond motifs is 9. The van der Waals surface area contributed by atoms with Crippen molar-refractivity contribution >= 4 is 65.4 Å². The molecule has 8 heteroatoms. The van der Waals surface area contributed by atoms with Gasteiger partial charge in [0.25, 0.3) is 0 Å². The zero-order valence-electron chi connectivity index (χ0n) is 37.0. The SMILES string of the molecule is c1ccc(-c2cc(-c3ccccc3)nc(-n3c4ccccc4c4ccc(-c5nccc(-c6ccc7c(c6)c6ccccc6n7-c6ccc7c(c6)c6ccncc6n7-c6ccccc6)n5)cc43)n2)cc1. The van der Waals surface area contributed by atoms with Crippen molar-refractivity contribution in [1.29, 1.82) is 0 Å². The molecule has 69 heavy (non-hydrogen) atoms. The first-order valence-electron chi connectivity index (χ1n) is 23.1. The van der Waals surface area contributed by atoms with E-state index < -0.39 is 0 Å². The van der Waals surface area contributed by atoms with Crippen LogP contribution in [0.25, 0.3) is 128 Å². The molecule has 8 nitrogen and oxygen atoms in total. The Kier molecular flexibility index (Phi) is 8.72. The highest BCUT2D eigenvalue weighted by molar-refractivity contribution is 6.13. The fourth-order valence-corrected chi connectivity index (χ4v) is 10.3. The molecule has 14 rings (SSSR count). The van der Waals surface area contributed by atoms with Crippen molar-refractivity contribution in [2.75, 3.05) is 0 Å². The van der Waals surface area contributed by atoms with Crippen LogP contribution in [0.15, 0.2) is 231 Å². The molecule has 0 spiro atoms. The van der Waals surface area contributed by atoms with Crippen molar-refractivity contribution in [2.45, 2.75) is 0 Å². The molecule has 322 valence electrons. The third kappa shape index (κ3) is 6.27. The maximum absolute atomic E-state index is 5.26. The summed E-state index contributed by atoms with van der Waals surface area (Å²) in [6.07, 6.45) is 5.70. The van der Waals surface area contributed by atoms with E-state index in [2.05, 4.69) is 189 Å². The Labute approximate surface area is 395 Å². The third-order valence-corrected chi connectivity index (χ3v) is 13.4. The number of benzene rings is 8. The van der Waals surface area contributed by atoms with Crippen LogP contribution < -0.4 is 0 Å². The van der Waals surface area contributed by atoms with Crippen LogP contribution in [0.2, 0.25) is 0 Å². The summed E-state index contributed by atoms with van der Waals surface area (Å²) in [5.74, 6) is 1.23. The lowest BCUT2D eigenvalue weighted by atomic mass is 10.1. The molecule has 0 saturated carbocycles. The molecule has 0 amide bonds. The van der Waals surface area contributed by atoms with Crippen LogP contribution in [0.5, 0.6) is 0 Å². The first kappa shape index (κ1) is 38.7. The Hall–Kier alpha value is -9.53. The lowest BCUT2D eigenvalue weighted by Crippen LogP contribution is -2.04. The van der Waals surface area contributed by atoms with E-state index >= 15 is 0 Å². The number of hydrogen-bond acceptors (Lipinski definition) is 5. The van der Waals surface area contributed by atoms with Gasteiger partial charge in [-0.05, 0) is 78.9 Å². The molecule has 8 aromatic carbocycles. The van der Waals surface area contributed by atoms with Gasteiger partial charge < -0.3 is 9.13 Å². The number of para-hydroxylation sites is 3. The van der Waals surface area contributed by atoms with E-state index in [0.29, 0.717) is 11.8 Å². The van der Waals surface area contributed by atoms with Crippen LogP contribution in [0.4, 0.5) is 0 Å². The average Bonchev–Trinajstić information content (AvgIpc) is 4.06. The first-order chi connectivity index (χ1) is 34.2. The average molecular weight is 883 g/mol. The van der Waals surface area contributed by atoms with Crippen LogP contribution in [-0.2, 0) is 0 Å². The van der Waals surface area contributed by atoms with E-state index in [-0.39, 0.29) is 0 Å². The zero-order chi connectivity index (χ0) is 45.4. The van der Waals surface area contributed by atoms with Crippen LogP contribution in [0, 0.1) is 0 Å². The van der Waals surface area contributed by atoms with Gasteiger partial charge in [0, 0.05) is 78.3 Å². The normalized spacial score (nSPS) is 11.8. The molecule has 0 fully saturated rings. The summed E-state index contributed by atoms with van der Waals surface area (Å²) in [6, 6.07) is 74.4. The topological polar surface area (TPSA) is 79.2 Å². The largest absolute Gasteiger partial charge is 0.309 e. The number of nitrogens with zero attached hydrogens (tertiary/aromatic N) is 8. The predicted molar refractivity (Wildman–Crippen MR) is 280 cm³/mol. The minimum atomic E-state index is 0.594. The van der Waals surface area contributed by atoms with Gasteiger partial charge in [-0.1, -0.05) is 133 Å². The summed E-state index contributed by atoms with van der Waals surface area (Å²) in [4.78, 5) is 25.1. The van der Waals surface area contributed by atoms with Gasteiger partial charge in [0.05, 0.1) is 56.4 Å². The molecule has 14 aromatic rings. The van der Waals surface area contributed by atoms with Gasteiger partial charge in [0.2, 0.25) is 5.95 Å². The fraction of sp³-hybridized carbons (Fsp3) is 0. The maximum Gasteiger partial charge on any atom is 0.235 e. The zero-order valence-corrected chi connectivity index (χ0v) is 37.0. The molecule has 6 heterocycles. The fourth-order valence-electron chi connectivity index (χ4n) is 10.3. The Morgan fingerprint density at radius 1 is 0.290 bits per heavy atom. The second-order valence-electron chi connectivity index (χ2n) is 17.4. The molecule has 0 radical (unpaired) electrons. The highest BCUT2D eigenvalue weighted by atomic mass is 15.2. The van der Waals surface area contributed by atoms with Gasteiger partial charge in [0.15, 0.2) is 5.82 Å². The van der Waals surface area contributed by atoms with Crippen LogP contribution >= 0.6 is 0 Å². The van der Waals surface area contributed by atoms with Crippen molar-refractivity contribution in [1.82, 2.24) is 38.6 Å². The number of rotatable bonds is 7. The molecule has 0 atom stereocenters. The second kappa shape index (κ2) is 15.5. The number of pyridine rings is 1. The molecular weight excluding hydrogens is 845 g/mol. The number of hydrogen-bond donors (Lipinski definition) is 0. The van der Waals surface area contributed by atoms with Crippen molar-refractivity contribution in [3.8, 4) is 62.5 Å². The van der Waals surface area contributed by atoms with E-state index in [9.17, 15) is 0 Å².